The van der Waals surface area contributed by atoms with Crippen LogP contribution in [0, 0.1) is 0 Å². The third kappa shape index (κ3) is 8.61. The van der Waals surface area contributed by atoms with Gasteiger partial charge in [0.15, 0.2) is 5.96 Å². The number of ether oxygens (including phenoxy) is 1. The fourth-order valence-electron chi connectivity index (χ4n) is 3.24. The van der Waals surface area contributed by atoms with Crippen LogP contribution in [0.4, 0.5) is 10.5 Å². The molecule has 1 aliphatic rings. The zero-order valence-electron chi connectivity index (χ0n) is 17.3. The van der Waals surface area contributed by atoms with Gasteiger partial charge in [0.2, 0.25) is 0 Å². The number of amides is 1. The number of methoxy groups -OCH3 is 1. The van der Waals surface area contributed by atoms with E-state index < -0.39 is 6.09 Å². The molecule has 156 valence electrons. The third-order valence-electron chi connectivity index (χ3n) is 4.79. The molecule has 0 aromatic heterocycles. The molecular weight excluding hydrogens is 354 g/mol. The van der Waals surface area contributed by atoms with Crippen LogP contribution in [-0.4, -0.2) is 56.8 Å². The van der Waals surface area contributed by atoms with Gasteiger partial charge in [0.25, 0.3) is 0 Å². The standard InChI is InChI=1S/C21H35N5O2/c1-3-22-20(23-13-8-16-26-14-6-4-5-7-15-26)24-17-18-9-11-19(12-10-18)25-21(27)28-2/h9-12H,3-8,13-17H2,1-2H3,(H,25,27)(H2,22,23,24). The minimum absolute atomic E-state index is 0.468. The second-order valence-corrected chi connectivity index (χ2v) is 7.04. The van der Waals surface area contributed by atoms with Crippen LogP contribution in [0.2, 0.25) is 0 Å². The van der Waals surface area contributed by atoms with E-state index in [9.17, 15) is 4.79 Å². The minimum Gasteiger partial charge on any atom is -0.453 e. The van der Waals surface area contributed by atoms with Crippen LogP contribution in [0.25, 0.3) is 0 Å². The molecule has 1 aromatic carbocycles. The van der Waals surface area contributed by atoms with Crippen molar-refractivity contribution in [3.63, 3.8) is 0 Å². The predicted molar refractivity (Wildman–Crippen MR) is 115 cm³/mol. The van der Waals surface area contributed by atoms with E-state index in [1.165, 1.54) is 45.9 Å². The van der Waals surface area contributed by atoms with Crippen molar-refractivity contribution in [2.24, 2.45) is 4.99 Å². The highest BCUT2D eigenvalue weighted by Crippen LogP contribution is 2.11. The first-order valence-corrected chi connectivity index (χ1v) is 10.4. The van der Waals surface area contributed by atoms with E-state index in [0.29, 0.717) is 12.2 Å². The molecule has 0 spiro atoms. The molecule has 1 saturated heterocycles. The molecule has 3 N–H and O–H groups in total. The Morgan fingerprint density at radius 2 is 1.82 bits per heavy atom. The molecule has 7 heteroatoms. The number of aliphatic imine (C=N–C) groups is 1. The highest BCUT2D eigenvalue weighted by molar-refractivity contribution is 5.84. The topological polar surface area (TPSA) is 78.0 Å². The first-order valence-electron chi connectivity index (χ1n) is 10.4. The maximum atomic E-state index is 11.2. The average molecular weight is 390 g/mol. The number of nitrogens with zero attached hydrogens (tertiary/aromatic N) is 2. The molecule has 28 heavy (non-hydrogen) atoms. The molecule has 0 atom stereocenters. The van der Waals surface area contributed by atoms with Crippen LogP contribution in [0.15, 0.2) is 29.3 Å². The normalized spacial score (nSPS) is 15.6. The van der Waals surface area contributed by atoms with Crippen LogP contribution in [0.1, 0.15) is 44.6 Å². The SMILES string of the molecule is CCNC(=NCc1ccc(NC(=O)OC)cc1)NCCCN1CCCCCC1. The Bertz CT molecular complexity index is 595. The second-order valence-electron chi connectivity index (χ2n) is 7.04. The molecule has 1 fully saturated rings. The van der Waals surface area contributed by atoms with Gasteiger partial charge in [-0.2, -0.15) is 0 Å². The van der Waals surface area contributed by atoms with Crippen molar-refractivity contribution in [2.75, 3.05) is 45.2 Å². The average Bonchev–Trinajstić information content (AvgIpc) is 2.99. The lowest BCUT2D eigenvalue weighted by Crippen LogP contribution is -2.39. The summed E-state index contributed by atoms with van der Waals surface area (Å²) >= 11 is 0. The van der Waals surface area contributed by atoms with Gasteiger partial charge in [0.05, 0.1) is 13.7 Å². The molecule has 1 heterocycles. The first kappa shape index (κ1) is 22.0. The fraction of sp³-hybridized carbons (Fsp3) is 0.619. The molecule has 1 aromatic rings. The van der Waals surface area contributed by atoms with E-state index in [2.05, 4.69) is 37.5 Å². The summed E-state index contributed by atoms with van der Waals surface area (Å²) in [6.45, 7) is 8.05. The van der Waals surface area contributed by atoms with E-state index in [1.54, 1.807) is 0 Å². The van der Waals surface area contributed by atoms with Gasteiger partial charge in [-0.25, -0.2) is 9.79 Å². The van der Waals surface area contributed by atoms with Gasteiger partial charge >= 0.3 is 6.09 Å². The van der Waals surface area contributed by atoms with Crippen LogP contribution in [-0.2, 0) is 11.3 Å². The van der Waals surface area contributed by atoms with Gasteiger partial charge in [-0.3, -0.25) is 5.32 Å². The maximum Gasteiger partial charge on any atom is 0.411 e. The number of carbonyl (C=O) groups is 1. The van der Waals surface area contributed by atoms with E-state index in [1.807, 2.05) is 24.3 Å². The van der Waals surface area contributed by atoms with Gasteiger partial charge in [-0.15, -0.1) is 0 Å². The summed E-state index contributed by atoms with van der Waals surface area (Å²) in [6.07, 6.45) is 6.09. The van der Waals surface area contributed by atoms with Crippen LogP contribution < -0.4 is 16.0 Å². The number of guanidine groups is 1. The summed E-state index contributed by atoms with van der Waals surface area (Å²) in [4.78, 5) is 18.5. The number of benzene rings is 1. The van der Waals surface area contributed by atoms with Crippen molar-refractivity contribution in [1.29, 1.82) is 0 Å². The molecular formula is C21H35N5O2. The minimum atomic E-state index is -0.468. The third-order valence-corrected chi connectivity index (χ3v) is 4.79. The number of likely N-dealkylation sites (tertiary alicyclic amines) is 1. The van der Waals surface area contributed by atoms with E-state index in [-0.39, 0.29) is 0 Å². The quantitative estimate of drug-likeness (QED) is 0.362. The molecule has 0 aliphatic carbocycles. The summed E-state index contributed by atoms with van der Waals surface area (Å²) in [7, 11) is 1.35. The lowest BCUT2D eigenvalue weighted by molar-refractivity contribution is 0.187. The van der Waals surface area contributed by atoms with Gasteiger partial charge in [0, 0.05) is 18.8 Å². The Morgan fingerprint density at radius 1 is 1.11 bits per heavy atom. The summed E-state index contributed by atoms with van der Waals surface area (Å²) in [5, 5.41) is 9.37. The molecule has 2 rings (SSSR count). The molecule has 1 aliphatic heterocycles. The smallest absolute Gasteiger partial charge is 0.411 e. The van der Waals surface area contributed by atoms with Gasteiger partial charge in [-0.1, -0.05) is 25.0 Å². The molecule has 1 amide bonds. The molecule has 7 nitrogen and oxygen atoms in total. The number of carbonyl (C=O) groups excluding carboxylic acids is 1. The van der Waals surface area contributed by atoms with Crippen molar-refractivity contribution in [1.82, 2.24) is 15.5 Å². The lowest BCUT2D eigenvalue weighted by atomic mass is 10.2. The van der Waals surface area contributed by atoms with E-state index in [0.717, 1.165) is 37.6 Å². The van der Waals surface area contributed by atoms with Gasteiger partial charge < -0.3 is 20.3 Å². The summed E-state index contributed by atoms with van der Waals surface area (Å²) in [5.41, 5.74) is 1.79. The highest BCUT2D eigenvalue weighted by atomic mass is 16.5. The summed E-state index contributed by atoms with van der Waals surface area (Å²) < 4.78 is 4.59. The van der Waals surface area contributed by atoms with Crippen LogP contribution >= 0.6 is 0 Å². The Morgan fingerprint density at radius 3 is 2.46 bits per heavy atom. The van der Waals surface area contributed by atoms with Crippen molar-refractivity contribution in [3.05, 3.63) is 29.8 Å². The molecule has 0 unspecified atom stereocenters. The van der Waals surface area contributed by atoms with Crippen LogP contribution in [0.3, 0.4) is 0 Å². The molecule has 0 radical (unpaired) electrons. The first-order chi connectivity index (χ1) is 13.7. The monoisotopic (exact) mass is 389 g/mol. The Labute approximate surface area is 168 Å². The number of hydrogen-bond acceptors (Lipinski definition) is 4. The number of hydrogen-bond donors (Lipinski definition) is 3. The van der Waals surface area contributed by atoms with Crippen LogP contribution in [0.5, 0.6) is 0 Å². The molecule has 0 saturated carbocycles. The van der Waals surface area contributed by atoms with Gasteiger partial charge in [-0.05, 0) is 63.5 Å². The second kappa shape index (κ2) is 13.0. The van der Waals surface area contributed by atoms with Crippen molar-refractivity contribution >= 4 is 17.7 Å². The zero-order chi connectivity index (χ0) is 20.0. The maximum absolute atomic E-state index is 11.2. The molecule has 0 bridgehead atoms. The van der Waals surface area contributed by atoms with Crippen molar-refractivity contribution in [3.8, 4) is 0 Å². The Balaban J connectivity index is 1.75. The van der Waals surface area contributed by atoms with Crippen molar-refractivity contribution in [2.45, 2.75) is 45.6 Å². The lowest BCUT2D eigenvalue weighted by Gasteiger charge is -2.20. The summed E-state index contributed by atoms with van der Waals surface area (Å²) in [5.74, 6) is 0.843. The number of nitrogens with one attached hydrogen (secondary N) is 3. The van der Waals surface area contributed by atoms with Crippen molar-refractivity contribution < 1.29 is 9.53 Å². The van der Waals surface area contributed by atoms with Gasteiger partial charge in [0.1, 0.15) is 0 Å². The fourth-order valence-corrected chi connectivity index (χ4v) is 3.24. The predicted octanol–water partition coefficient (Wildman–Crippen LogP) is 3.19. The zero-order valence-corrected chi connectivity index (χ0v) is 17.3. The highest BCUT2D eigenvalue weighted by Gasteiger charge is 2.08. The number of rotatable bonds is 8. The summed E-state index contributed by atoms with van der Waals surface area (Å²) in [6, 6.07) is 7.61. The largest absolute Gasteiger partial charge is 0.453 e. The number of anilines is 1. The van der Waals surface area contributed by atoms with E-state index >= 15 is 0 Å². The Hall–Kier alpha value is -2.28. The Kier molecular flexibility index (Phi) is 10.2. The van der Waals surface area contributed by atoms with E-state index in [4.69, 9.17) is 0 Å².